The van der Waals surface area contributed by atoms with Gasteiger partial charge in [-0.1, -0.05) is 6.07 Å². The van der Waals surface area contributed by atoms with Crippen LogP contribution in [0.5, 0.6) is 17.2 Å². The number of aromatic nitrogens is 2. The number of ether oxygens (including phenoxy) is 3. The average Bonchev–Trinajstić information content (AvgIpc) is 3.22. The fraction of sp³-hybridized carbons (Fsp3) is 0.250. The Morgan fingerprint density at radius 1 is 1.18 bits per heavy atom. The zero-order valence-corrected chi connectivity index (χ0v) is 15.3. The smallest absolute Gasteiger partial charge is 0.248 e. The van der Waals surface area contributed by atoms with Crippen molar-refractivity contribution in [1.82, 2.24) is 9.97 Å². The molecular weight excluding hydrogens is 360 g/mol. The van der Waals surface area contributed by atoms with E-state index in [0.29, 0.717) is 34.9 Å². The SMILES string of the molecule is COc1cc2c(N3CCc4ccc(C(N)=O)cc4C3)ncnc2c2c1OCO2. The van der Waals surface area contributed by atoms with Crippen LogP contribution in [0.15, 0.2) is 30.6 Å². The van der Waals surface area contributed by atoms with E-state index in [9.17, 15) is 4.79 Å². The number of hydrogen-bond donors (Lipinski definition) is 1. The average molecular weight is 378 g/mol. The maximum Gasteiger partial charge on any atom is 0.248 e. The number of hydrogen-bond acceptors (Lipinski definition) is 7. The van der Waals surface area contributed by atoms with Crippen LogP contribution >= 0.6 is 0 Å². The number of benzene rings is 2. The van der Waals surface area contributed by atoms with Crippen molar-refractivity contribution in [3.63, 3.8) is 0 Å². The lowest BCUT2D eigenvalue weighted by molar-refractivity contribution is 0.1000. The van der Waals surface area contributed by atoms with Gasteiger partial charge in [0, 0.05) is 18.7 Å². The molecule has 0 radical (unpaired) electrons. The first-order valence-corrected chi connectivity index (χ1v) is 8.93. The molecule has 0 bridgehead atoms. The summed E-state index contributed by atoms with van der Waals surface area (Å²) < 4.78 is 16.6. The first kappa shape index (κ1) is 16.6. The molecule has 3 aromatic rings. The highest BCUT2D eigenvalue weighted by Gasteiger charge is 2.27. The van der Waals surface area contributed by atoms with E-state index < -0.39 is 5.91 Å². The normalized spacial score (nSPS) is 14.8. The van der Waals surface area contributed by atoms with Crippen LogP contribution in [0.1, 0.15) is 21.5 Å². The Morgan fingerprint density at radius 2 is 2.04 bits per heavy atom. The van der Waals surface area contributed by atoms with Crippen molar-refractivity contribution in [3.05, 3.63) is 47.3 Å². The molecule has 2 aliphatic heterocycles. The van der Waals surface area contributed by atoms with E-state index in [-0.39, 0.29) is 6.79 Å². The van der Waals surface area contributed by atoms with Gasteiger partial charge in [0.2, 0.25) is 18.4 Å². The molecule has 28 heavy (non-hydrogen) atoms. The summed E-state index contributed by atoms with van der Waals surface area (Å²) >= 11 is 0. The summed E-state index contributed by atoms with van der Waals surface area (Å²) in [5.41, 5.74) is 8.93. The molecule has 0 saturated heterocycles. The fourth-order valence-corrected chi connectivity index (χ4v) is 3.83. The Kier molecular flexibility index (Phi) is 3.71. The highest BCUT2D eigenvalue weighted by molar-refractivity contribution is 5.97. The molecule has 2 aliphatic rings. The highest BCUT2D eigenvalue weighted by Crippen LogP contribution is 2.47. The minimum atomic E-state index is -0.426. The lowest BCUT2D eigenvalue weighted by atomic mass is 9.97. The number of amides is 1. The minimum Gasteiger partial charge on any atom is -0.493 e. The van der Waals surface area contributed by atoms with E-state index >= 15 is 0 Å². The molecular formula is C20H18N4O4. The maximum absolute atomic E-state index is 11.5. The number of primary amides is 1. The Balaban J connectivity index is 1.60. The Labute approximate surface area is 160 Å². The number of fused-ring (bicyclic) bond motifs is 4. The van der Waals surface area contributed by atoms with Crippen molar-refractivity contribution in [1.29, 1.82) is 0 Å². The molecule has 2 N–H and O–H groups in total. The van der Waals surface area contributed by atoms with Crippen molar-refractivity contribution in [3.8, 4) is 17.2 Å². The van der Waals surface area contributed by atoms with Gasteiger partial charge >= 0.3 is 0 Å². The quantitative estimate of drug-likeness (QED) is 0.744. The zero-order valence-electron chi connectivity index (χ0n) is 15.3. The van der Waals surface area contributed by atoms with E-state index in [4.69, 9.17) is 19.9 Å². The maximum atomic E-state index is 11.5. The molecule has 5 rings (SSSR count). The number of carbonyl (C=O) groups excluding carboxylic acids is 1. The van der Waals surface area contributed by atoms with Gasteiger partial charge in [-0.3, -0.25) is 4.79 Å². The molecule has 0 fully saturated rings. The van der Waals surface area contributed by atoms with Crippen molar-refractivity contribution < 1.29 is 19.0 Å². The number of anilines is 1. The van der Waals surface area contributed by atoms with Crippen LogP contribution in [0.25, 0.3) is 10.9 Å². The third kappa shape index (κ3) is 2.49. The van der Waals surface area contributed by atoms with Gasteiger partial charge in [-0.25, -0.2) is 9.97 Å². The summed E-state index contributed by atoms with van der Waals surface area (Å²) in [6, 6.07) is 7.50. The second kappa shape index (κ2) is 6.26. The summed E-state index contributed by atoms with van der Waals surface area (Å²) in [4.78, 5) is 22.6. The molecule has 8 nitrogen and oxygen atoms in total. The van der Waals surface area contributed by atoms with E-state index in [1.165, 1.54) is 11.9 Å². The van der Waals surface area contributed by atoms with Crippen LogP contribution in [0.2, 0.25) is 0 Å². The van der Waals surface area contributed by atoms with Crippen LogP contribution in [0.4, 0.5) is 5.82 Å². The van der Waals surface area contributed by atoms with E-state index in [1.807, 2.05) is 18.2 Å². The molecule has 0 atom stereocenters. The standard InChI is InChI=1S/C20H18N4O4/c1-26-15-7-14-16(18-17(15)27-10-28-18)22-9-23-20(14)24-5-4-11-2-3-12(19(21)25)6-13(11)8-24/h2-3,6-7,9H,4-5,8,10H2,1H3,(H2,21,25). The number of nitrogens with two attached hydrogens (primary N) is 1. The van der Waals surface area contributed by atoms with Crippen LogP contribution < -0.4 is 24.8 Å². The largest absolute Gasteiger partial charge is 0.493 e. The van der Waals surface area contributed by atoms with Crippen LogP contribution in [0.3, 0.4) is 0 Å². The fourth-order valence-electron chi connectivity index (χ4n) is 3.83. The highest BCUT2D eigenvalue weighted by atomic mass is 16.7. The lowest BCUT2D eigenvalue weighted by Crippen LogP contribution is -2.31. The predicted molar refractivity (Wildman–Crippen MR) is 102 cm³/mol. The monoisotopic (exact) mass is 378 g/mol. The second-order valence-electron chi connectivity index (χ2n) is 6.76. The summed E-state index contributed by atoms with van der Waals surface area (Å²) in [6.45, 7) is 1.56. The van der Waals surface area contributed by atoms with Gasteiger partial charge < -0.3 is 24.8 Å². The third-order valence-corrected chi connectivity index (χ3v) is 5.21. The molecule has 0 saturated carbocycles. The van der Waals surface area contributed by atoms with E-state index in [1.54, 1.807) is 13.2 Å². The van der Waals surface area contributed by atoms with Crippen LogP contribution in [-0.4, -0.2) is 36.3 Å². The summed E-state index contributed by atoms with van der Waals surface area (Å²) in [7, 11) is 1.59. The minimum absolute atomic E-state index is 0.136. The molecule has 142 valence electrons. The summed E-state index contributed by atoms with van der Waals surface area (Å²) in [6.07, 6.45) is 2.38. The van der Waals surface area contributed by atoms with Gasteiger partial charge in [0.1, 0.15) is 17.7 Å². The summed E-state index contributed by atoms with van der Waals surface area (Å²) in [5.74, 6) is 2.09. The van der Waals surface area contributed by atoms with Gasteiger partial charge in [-0.05, 0) is 35.7 Å². The topological polar surface area (TPSA) is 99.8 Å². The number of nitrogens with zero attached hydrogens (tertiary/aromatic N) is 3. The Hall–Kier alpha value is -3.55. The lowest BCUT2D eigenvalue weighted by Gasteiger charge is -2.30. The van der Waals surface area contributed by atoms with Gasteiger partial charge in [0.25, 0.3) is 0 Å². The molecule has 8 heteroatoms. The van der Waals surface area contributed by atoms with Crippen molar-refractivity contribution in [2.75, 3.05) is 25.3 Å². The second-order valence-corrected chi connectivity index (χ2v) is 6.76. The molecule has 1 amide bonds. The number of carbonyl (C=O) groups is 1. The molecule has 2 aromatic carbocycles. The van der Waals surface area contributed by atoms with E-state index in [2.05, 4.69) is 14.9 Å². The van der Waals surface area contributed by atoms with Gasteiger partial charge in [0.05, 0.1) is 12.5 Å². The molecule has 0 unspecified atom stereocenters. The summed E-state index contributed by atoms with van der Waals surface area (Å²) in [5, 5.41) is 0.832. The Bertz CT molecular complexity index is 1120. The van der Waals surface area contributed by atoms with Gasteiger partial charge in [-0.2, -0.15) is 0 Å². The molecule has 0 spiro atoms. The molecule has 1 aromatic heterocycles. The van der Waals surface area contributed by atoms with Crippen molar-refractivity contribution >= 4 is 22.6 Å². The predicted octanol–water partition coefficient (Wildman–Crippen LogP) is 2.03. The molecule has 3 heterocycles. The molecule has 0 aliphatic carbocycles. The van der Waals surface area contributed by atoms with Gasteiger partial charge in [-0.15, -0.1) is 0 Å². The van der Waals surface area contributed by atoms with Crippen LogP contribution in [0, 0.1) is 0 Å². The van der Waals surface area contributed by atoms with Crippen molar-refractivity contribution in [2.45, 2.75) is 13.0 Å². The van der Waals surface area contributed by atoms with Crippen LogP contribution in [-0.2, 0) is 13.0 Å². The first-order chi connectivity index (χ1) is 13.7. The number of rotatable bonds is 3. The van der Waals surface area contributed by atoms with Gasteiger partial charge in [0.15, 0.2) is 11.5 Å². The number of methoxy groups -OCH3 is 1. The Morgan fingerprint density at radius 3 is 2.86 bits per heavy atom. The van der Waals surface area contributed by atoms with Crippen molar-refractivity contribution in [2.24, 2.45) is 5.73 Å². The third-order valence-electron chi connectivity index (χ3n) is 5.21. The first-order valence-electron chi connectivity index (χ1n) is 8.93. The zero-order chi connectivity index (χ0) is 19.3. The van der Waals surface area contributed by atoms with E-state index in [0.717, 1.165) is 29.7 Å².